The molecule has 2 aromatic carbocycles. The molecule has 0 radical (unpaired) electrons. The number of phenolic OH excluding ortho intramolecular Hbond substituents is 1. The van der Waals surface area contributed by atoms with Gasteiger partial charge in [0.2, 0.25) is 0 Å². The molecule has 0 aliphatic rings. The first kappa shape index (κ1) is 18.7. The van der Waals surface area contributed by atoms with Gasteiger partial charge >= 0.3 is 0 Å². The predicted octanol–water partition coefficient (Wildman–Crippen LogP) is 3.00. The van der Waals surface area contributed by atoms with Crippen LogP contribution in [-0.4, -0.2) is 34.9 Å². The molecular formula is C18H20O6S. The van der Waals surface area contributed by atoms with Crippen molar-refractivity contribution in [3.63, 3.8) is 0 Å². The van der Waals surface area contributed by atoms with Gasteiger partial charge in [0.05, 0.1) is 32.6 Å². The second kappa shape index (κ2) is 7.94. The van der Waals surface area contributed by atoms with Crippen LogP contribution >= 0.6 is 0 Å². The number of sulfone groups is 1. The van der Waals surface area contributed by atoms with Gasteiger partial charge < -0.3 is 19.3 Å². The van der Waals surface area contributed by atoms with E-state index in [9.17, 15) is 13.5 Å². The number of rotatable bonds is 7. The number of phenols is 1. The summed E-state index contributed by atoms with van der Waals surface area (Å²) >= 11 is 0. The molecule has 0 saturated heterocycles. The number of hydrogen-bond acceptors (Lipinski definition) is 6. The molecule has 0 aromatic heterocycles. The van der Waals surface area contributed by atoms with Crippen LogP contribution < -0.4 is 14.2 Å². The van der Waals surface area contributed by atoms with Crippen LogP contribution in [0.4, 0.5) is 0 Å². The van der Waals surface area contributed by atoms with Gasteiger partial charge in [0, 0.05) is 17.5 Å². The van der Waals surface area contributed by atoms with Gasteiger partial charge in [0.15, 0.2) is 9.84 Å². The molecule has 2 rings (SSSR count). The Kier molecular flexibility index (Phi) is 5.93. The predicted molar refractivity (Wildman–Crippen MR) is 95.9 cm³/mol. The molecule has 1 N–H and O–H groups in total. The average Bonchev–Trinajstić information content (AvgIpc) is 2.60. The largest absolute Gasteiger partial charge is 0.507 e. The lowest BCUT2D eigenvalue weighted by Gasteiger charge is -2.09. The summed E-state index contributed by atoms with van der Waals surface area (Å²) in [5, 5.41) is 11.1. The Morgan fingerprint density at radius 2 is 1.60 bits per heavy atom. The molecule has 2 aromatic rings. The van der Waals surface area contributed by atoms with Crippen LogP contribution in [-0.2, 0) is 15.6 Å². The number of aromatic hydroxyl groups is 1. The fraction of sp³-hybridized carbons (Fsp3) is 0.222. The van der Waals surface area contributed by atoms with Crippen molar-refractivity contribution in [1.82, 2.24) is 0 Å². The molecule has 0 aliphatic heterocycles. The fourth-order valence-corrected chi connectivity index (χ4v) is 3.31. The Bertz CT molecular complexity index is 854. The molecule has 0 bridgehead atoms. The molecule has 0 fully saturated rings. The van der Waals surface area contributed by atoms with E-state index in [1.54, 1.807) is 37.4 Å². The van der Waals surface area contributed by atoms with Crippen molar-refractivity contribution in [2.24, 2.45) is 0 Å². The molecule has 134 valence electrons. The fourth-order valence-electron chi connectivity index (χ4n) is 2.22. The topological polar surface area (TPSA) is 82.1 Å². The summed E-state index contributed by atoms with van der Waals surface area (Å²) in [6.45, 7) is 0. The van der Waals surface area contributed by atoms with Gasteiger partial charge in [-0.15, -0.1) is 0 Å². The molecule has 6 nitrogen and oxygen atoms in total. The van der Waals surface area contributed by atoms with Crippen LogP contribution in [0.15, 0.2) is 41.8 Å². The molecule has 0 aliphatic carbocycles. The maximum atomic E-state index is 12.3. The summed E-state index contributed by atoms with van der Waals surface area (Å²) in [5.41, 5.74) is 0.901. The monoisotopic (exact) mass is 364 g/mol. The van der Waals surface area contributed by atoms with Gasteiger partial charge in [-0.2, -0.15) is 0 Å². The quantitative estimate of drug-likeness (QED) is 0.813. The number of methoxy groups -OCH3 is 3. The van der Waals surface area contributed by atoms with E-state index in [1.807, 2.05) is 0 Å². The zero-order valence-corrected chi connectivity index (χ0v) is 15.0. The first-order chi connectivity index (χ1) is 11.9. The first-order valence-corrected chi connectivity index (χ1v) is 9.09. The molecule has 0 atom stereocenters. The average molecular weight is 364 g/mol. The maximum Gasteiger partial charge on any atom is 0.175 e. The smallest absolute Gasteiger partial charge is 0.175 e. The van der Waals surface area contributed by atoms with E-state index in [4.69, 9.17) is 14.2 Å². The summed E-state index contributed by atoms with van der Waals surface area (Å²) in [7, 11) is 0.905. The van der Waals surface area contributed by atoms with E-state index >= 15 is 0 Å². The lowest BCUT2D eigenvalue weighted by atomic mass is 10.1. The Balaban J connectivity index is 2.24. The van der Waals surface area contributed by atoms with Crippen LogP contribution in [0.5, 0.6) is 23.0 Å². The van der Waals surface area contributed by atoms with Gasteiger partial charge in [0.1, 0.15) is 23.0 Å². The van der Waals surface area contributed by atoms with Crippen molar-refractivity contribution in [1.29, 1.82) is 0 Å². The number of ether oxygens (including phenoxy) is 3. The third kappa shape index (κ3) is 4.90. The van der Waals surface area contributed by atoms with Crippen molar-refractivity contribution < 1.29 is 27.7 Å². The Labute approximate surface area is 147 Å². The zero-order chi connectivity index (χ0) is 18.4. The van der Waals surface area contributed by atoms with Crippen LogP contribution in [0.1, 0.15) is 11.1 Å². The van der Waals surface area contributed by atoms with Gasteiger partial charge in [-0.05, 0) is 23.8 Å². The lowest BCUT2D eigenvalue weighted by molar-refractivity contribution is 0.384. The van der Waals surface area contributed by atoms with Crippen molar-refractivity contribution in [2.45, 2.75) is 5.75 Å². The molecule has 0 spiro atoms. The molecule has 0 saturated carbocycles. The Morgan fingerprint density at radius 1 is 0.960 bits per heavy atom. The summed E-state index contributed by atoms with van der Waals surface area (Å²) in [5.74, 6) is 1.09. The molecule has 25 heavy (non-hydrogen) atoms. The van der Waals surface area contributed by atoms with E-state index < -0.39 is 9.84 Å². The van der Waals surface area contributed by atoms with E-state index in [-0.39, 0.29) is 17.1 Å². The SMILES string of the molecule is COc1ccc(CS(=O)(=O)/C=C/c2c(O)cc(OC)cc2OC)cc1. The van der Waals surface area contributed by atoms with E-state index in [2.05, 4.69) is 0 Å². The van der Waals surface area contributed by atoms with E-state index in [1.165, 1.54) is 26.4 Å². The van der Waals surface area contributed by atoms with Crippen LogP contribution in [0, 0.1) is 0 Å². The minimum absolute atomic E-state index is 0.132. The number of hydrogen-bond donors (Lipinski definition) is 1. The molecule has 0 heterocycles. The molecule has 0 unspecified atom stereocenters. The van der Waals surface area contributed by atoms with Crippen molar-refractivity contribution in [3.05, 3.63) is 52.9 Å². The van der Waals surface area contributed by atoms with Gasteiger partial charge in [0.25, 0.3) is 0 Å². The van der Waals surface area contributed by atoms with Crippen molar-refractivity contribution in [2.75, 3.05) is 21.3 Å². The van der Waals surface area contributed by atoms with Crippen LogP contribution in [0.25, 0.3) is 6.08 Å². The minimum atomic E-state index is -3.53. The van der Waals surface area contributed by atoms with E-state index in [0.29, 0.717) is 22.8 Å². The van der Waals surface area contributed by atoms with Gasteiger partial charge in [-0.25, -0.2) is 8.42 Å². The standard InChI is InChI=1S/C18H20O6S/c1-22-14-6-4-13(5-7-14)12-25(20,21)9-8-16-17(19)10-15(23-2)11-18(16)24-3/h4-11,19H,12H2,1-3H3/b9-8+. The molecule has 7 heteroatoms. The highest BCUT2D eigenvalue weighted by Gasteiger charge is 2.12. The highest BCUT2D eigenvalue weighted by Crippen LogP contribution is 2.34. The minimum Gasteiger partial charge on any atom is -0.507 e. The lowest BCUT2D eigenvalue weighted by Crippen LogP contribution is -2.00. The second-order valence-corrected chi connectivity index (χ2v) is 7.11. The highest BCUT2D eigenvalue weighted by molar-refractivity contribution is 7.93. The summed E-state index contributed by atoms with van der Waals surface area (Å²) in [6.07, 6.45) is 1.31. The summed E-state index contributed by atoms with van der Waals surface area (Å²) in [4.78, 5) is 0. The molecule has 0 amide bonds. The number of benzene rings is 2. The summed E-state index contributed by atoms with van der Waals surface area (Å²) < 4.78 is 39.9. The third-order valence-corrected chi connectivity index (χ3v) is 4.80. The Morgan fingerprint density at radius 3 is 2.16 bits per heavy atom. The zero-order valence-electron chi connectivity index (χ0n) is 14.2. The van der Waals surface area contributed by atoms with E-state index in [0.717, 1.165) is 5.41 Å². The van der Waals surface area contributed by atoms with Crippen LogP contribution in [0.2, 0.25) is 0 Å². The van der Waals surface area contributed by atoms with Crippen molar-refractivity contribution >= 4 is 15.9 Å². The summed E-state index contributed by atoms with van der Waals surface area (Å²) in [6, 6.07) is 9.74. The Hall–Kier alpha value is -2.67. The third-order valence-electron chi connectivity index (χ3n) is 3.52. The van der Waals surface area contributed by atoms with Gasteiger partial charge in [-0.1, -0.05) is 12.1 Å². The maximum absolute atomic E-state index is 12.3. The first-order valence-electron chi connectivity index (χ1n) is 7.37. The molecular weight excluding hydrogens is 344 g/mol. The second-order valence-electron chi connectivity index (χ2n) is 5.22. The van der Waals surface area contributed by atoms with Crippen molar-refractivity contribution in [3.8, 4) is 23.0 Å². The normalized spacial score (nSPS) is 11.5. The highest BCUT2D eigenvalue weighted by atomic mass is 32.2. The van der Waals surface area contributed by atoms with Gasteiger partial charge in [-0.3, -0.25) is 0 Å². The van der Waals surface area contributed by atoms with Crippen LogP contribution in [0.3, 0.4) is 0 Å².